The number of fused-ring (bicyclic) bond motifs is 1. The minimum absolute atomic E-state index is 0.0149. The Bertz CT molecular complexity index is 858. The summed E-state index contributed by atoms with van der Waals surface area (Å²) >= 11 is 0. The molecule has 1 fully saturated rings. The van der Waals surface area contributed by atoms with Gasteiger partial charge in [-0.1, -0.05) is 29.8 Å². The summed E-state index contributed by atoms with van der Waals surface area (Å²) in [4.78, 5) is 31.0. The van der Waals surface area contributed by atoms with Crippen LogP contribution in [0.15, 0.2) is 30.3 Å². The molecule has 2 aromatic rings. The molecule has 2 aliphatic rings. The van der Waals surface area contributed by atoms with Crippen LogP contribution < -0.4 is 0 Å². The summed E-state index contributed by atoms with van der Waals surface area (Å²) in [6.07, 6.45) is 0. The molecule has 27 heavy (non-hydrogen) atoms. The Morgan fingerprint density at radius 2 is 1.85 bits per heavy atom. The maximum Gasteiger partial charge on any atom is 0.274 e. The first-order valence-corrected chi connectivity index (χ1v) is 9.37. The van der Waals surface area contributed by atoms with Crippen molar-refractivity contribution >= 4 is 11.8 Å². The first-order valence-electron chi connectivity index (χ1n) is 9.37. The van der Waals surface area contributed by atoms with Crippen LogP contribution in [0.5, 0.6) is 0 Å². The molecule has 0 unspecified atom stereocenters. The number of amides is 2. The molecule has 0 N–H and O–H groups in total. The van der Waals surface area contributed by atoms with E-state index < -0.39 is 0 Å². The Morgan fingerprint density at radius 3 is 2.59 bits per heavy atom. The third-order valence-corrected chi connectivity index (χ3v) is 5.31. The van der Waals surface area contributed by atoms with Gasteiger partial charge in [-0.15, -0.1) is 0 Å². The van der Waals surface area contributed by atoms with Crippen LogP contribution >= 0.6 is 0 Å². The number of aromatic nitrogens is 2. The molecule has 0 saturated carbocycles. The number of nitrogens with zero attached hydrogens (tertiary/aromatic N) is 5. The number of likely N-dealkylation sites (N-methyl/N-ethyl adjacent to an activating group) is 1. The van der Waals surface area contributed by atoms with Gasteiger partial charge in [0.2, 0.25) is 5.91 Å². The summed E-state index contributed by atoms with van der Waals surface area (Å²) in [5, 5.41) is 4.45. The number of hydrogen-bond acceptors (Lipinski definition) is 4. The molecule has 1 saturated heterocycles. The molecule has 1 aromatic heterocycles. The summed E-state index contributed by atoms with van der Waals surface area (Å²) in [7, 11) is 2.06. The molecule has 0 aliphatic carbocycles. The highest BCUT2D eigenvalue weighted by Gasteiger charge is 2.30. The quantitative estimate of drug-likeness (QED) is 0.816. The number of piperazine rings is 1. The van der Waals surface area contributed by atoms with E-state index in [2.05, 4.69) is 29.2 Å². The molecule has 4 rings (SSSR count). The normalized spacial score (nSPS) is 17.9. The number of carbonyl (C=O) groups excluding carboxylic acids is 2. The van der Waals surface area contributed by atoms with E-state index in [0.29, 0.717) is 25.3 Å². The first kappa shape index (κ1) is 17.7. The molecule has 142 valence electrons. The zero-order valence-electron chi connectivity index (χ0n) is 15.9. The van der Waals surface area contributed by atoms with Crippen LogP contribution in [0.25, 0.3) is 0 Å². The summed E-state index contributed by atoms with van der Waals surface area (Å²) in [6, 6.07) is 10.1. The molecule has 0 spiro atoms. The van der Waals surface area contributed by atoms with Gasteiger partial charge in [0.05, 0.1) is 12.2 Å². The second-order valence-corrected chi connectivity index (χ2v) is 7.51. The van der Waals surface area contributed by atoms with Gasteiger partial charge in [-0.3, -0.25) is 19.2 Å². The maximum atomic E-state index is 12.8. The van der Waals surface area contributed by atoms with Crippen LogP contribution in [0.3, 0.4) is 0 Å². The number of benzene rings is 1. The average molecular weight is 367 g/mol. The van der Waals surface area contributed by atoms with Gasteiger partial charge < -0.3 is 9.80 Å². The molecule has 2 amide bonds. The second kappa shape index (κ2) is 7.15. The van der Waals surface area contributed by atoms with Crippen molar-refractivity contribution in [3.63, 3.8) is 0 Å². The summed E-state index contributed by atoms with van der Waals surface area (Å²) in [5.74, 6) is -0.165. The second-order valence-electron chi connectivity index (χ2n) is 7.51. The Labute approximate surface area is 159 Å². The minimum Gasteiger partial charge on any atom is -0.335 e. The summed E-state index contributed by atoms with van der Waals surface area (Å²) in [5.41, 5.74) is 3.81. The molecule has 7 nitrogen and oxygen atoms in total. The molecular formula is C20H25N5O2. The zero-order chi connectivity index (χ0) is 19.0. The predicted octanol–water partition coefficient (Wildman–Crippen LogP) is 1.12. The van der Waals surface area contributed by atoms with Crippen molar-refractivity contribution in [2.24, 2.45) is 0 Å². The minimum atomic E-state index is -0.150. The Hall–Kier alpha value is -2.67. The third-order valence-electron chi connectivity index (χ3n) is 5.31. The van der Waals surface area contributed by atoms with Crippen molar-refractivity contribution in [1.82, 2.24) is 24.5 Å². The van der Waals surface area contributed by atoms with Crippen molar-refractivity contribution in [1.29, 1.82) is 0 Å². The van der Waals surface area contributed by atoms with Crippen LogP contribution in [0.4, 0.5) is 0 Å². The maximum absolute atomic E-state index is 12.8. The van der Waals surface area contributed by atoms with E-state index in [9.17, 15) is 9.59 Å². The lowest BCUT2D eigenvalue weighted by Gasteiger charge is -2.34. The lowest BCUT2D eigenvalue weighted by molar-refractivity contribution is -0.135. The van der Waals surface area contributed by atoms with E-state index in [4.69, 9.17) is 0 Å². The smallest absolute Gasteiger partial charge is 0.274 e. The predicted molar refractivity (Wildman–Crippen MR) is 101 cm³/mol. The highest BCUT2D eigenvalue weighted by Crippen LogP contribution is 2.16. The van der Waals surface area contributed by atoms with Gasteiger partial charge in [-0.25, -0.2) is 0 Å². The van der Waals surface area contributed by atoms with Crippen molar-refractivity contribution in [3.05, 3.63) is 52.8 Å². The molecule has 0 bridgehead atoms. The van der Waals surface area contributed by atoms with Gasteiger partial charge in [-0.05, 0) is 25.6 Å². The standard InChI is InChI=1S/C20H25N5O2/c1-15-3-5-16(6-4-15)12-23-8-9-24(14-19(23)26)20(27)18-11-17-13-22(2)7-10-25(17)21-18/h3-6,11H,7-10,12-14H2,1-2H3. The van der Waals surface area contributed by atoms with Gasteiger partial charge in [0, 0.05) is 32.7 Å². The van der Waals surface area contributed by atoms with Gasteiger partial charge in [0.15, 0.2) is 5.69 Å². The lowest BCUT2D eigenvalue weighted by Crippen LogP contribution is -2.51. The van der Waals surface area contributed by atoms with E-state index in [1.165, 1.54) is 5.56 Å². The number of carbonyl (C=O) groups is 2. The number of hydrogen-bond donors (Lipinski definition) is 0. The summed E-state index contributed by atoms with van der Waals surface area (Å²) < 4.78 is 1.91. The highest BCUT2D eigenvalue weighted by molar-refractivity contribution is 5.95. The molecule has 0 atom stereocenters. The van der Waals surface area contributed by atoms with Gasteiger partial charge in [0.1, 0.15) is 6.54 Å². The fourth-order valence-corrected chi connectivity index (χ4v) is 3.63. The van der Waals surface area contributed by atoms with Crippen molar-refractivity contribution in [2.75, 3.05) is 33.2 Å². The third kappa shape index (κ3) is 3.73. The van der Waals surface area contributed by atoms with E-state index in [-0.39, 0.29) is 18.4 Å². The number of rotatable bonds is 3. The zero-order valence-corrected chi connectivity index (χ0v) is 15.9. The van der Waals surface area contributed by atoms with Gasteiger partial charge in [0.25, 0.3) is 5.91 Å². The van der Waals surface area contributed by atoms with E-state index in [0.717, 1.165) is 30.9 Å². The van der Waals surface area contributed by atoms with Gasteiger partial charge in [-0.2, -0.15) is 5.10 Å². The van der Waals surface area contributed by atoms with Crippen molar-refractivity contribution in [3.8, 4) is 0 Å². The fraction of sp³-hybridized carbons (Fsp3) is 0.450. The van der Waals surface area contributed by atoms with E-state index >= 15 is 0 Å². The van der Waals surface area contributed by atoms with E-state index in [1.54, 1.807) is 4.90 Å². The molecule has 3 heterocycles. The Morgan fingerprint density at radius 1 is 1.07 bits per heavy atom. The van der Waals surface area contributed by atoms with Crippen LogP contribution in [0.1, 0.15) is 27.3 Å². The van der Waals surface area contributed by atoms with Crippen LogP contribution in [0.2, 0.25) is 0 Å². The molecule has 2 aliphatic heterocycles. The van der Waals surface area contributed by atoms with Crippen LogP contribution in [-0.2, 0) is 24.4 Å². The molecular weight excluding hydrogens is 342 g/mol. The Kier molecular flexibility index (Phi) is 4.70. The Balaban J connectivity index is 1.40. The fourth-order valence-electron chi connectivity index (χ4n) is 3.63. The summed E-state index contributed by atoms with van der Waals surface area (Å²) in [6.45, 7) is 6.36. The lowest BCUT2D eigenvalue weighted by atomic mass is 10.1. The SMILES string of the molecule is Cc1ccc(CN2CCN(C(=O)c3cc4n(n3)CCN(C)C4)CC2=O)cc1. The first-order chi connectivity index (χ1) is 13.0. The van der Waals surface area contributed by atoms with Gasteiger partial charge >= 0.3 is 0 Å². The number of aryl methyl sites for hydroxylation is 1. The van der Waals surface area contributed by atoms with Crippen LogP contribution in [-0.4, -0.2) is 69.5 Å². The topological polar surface area (TPSA) is 61.7 Å². The largest absolute Gasteiger partial charge is 0.335 e. The van der Waals surface area contributed by atoms with Crippen LogP contribution in [0, 0.1) is 6.92 Å². The molecule has 7 heteroatoms. The van der Waals surface area contributed by atoms with E-state index in [1.807, 2.05) is 34.7 Å². The average Bonchev–Trinajstić information content (AvgIpc) is 3.07. The monoisotopic (exact) mass is 367 g/mol. The van der Waals surface area contributed by atoms with Crippen molar-refractivity contribution < 1.29 is 9.59 Å². The molecule has 1 aromatic carbocycles. The highest BCUT2D eigenvalue weighted by atomic mass is 16.2. The molecule has 0 radical (unpaired) electrons. The van der Waals surface area contributed by atoms with Crippen molar-refractivity contribution in [2.45, 2.75) is 26.6 Å².